The summed E-state index contributed by atoms with van der Waals surface area (Å²) in [5.41, 5.74) is 1.33. The Morgan fingerprint density at radius 2 is 1.64 bits per heavy atom. The van der Waals surface area contributed by atoms with Crippen LogP contribution in [0.5, 0.6) is 11.5 Å². The fourth-order valence-electron chi connectivity index (χ4n) is 2.48. The van der Waals surface area contributed by atoms with Gasteiger partial charge in [0.05, 0.1) is 5.39 Å². The third-order valence-electron chi connectivity index (χ3n) is 3.54. The first kappa shape index (κ1) is 13.6. The second-order valence-corrected chi connectivity index (χ2v) is 6.01. The van der Waals surface area contributed by atoms with E-state index >= 15 is 0 Å². The van der Waals surface area contributed by atoms with Gasteiger partial charge in [-0.05, 0) is 28.7 Å². The molecule has 1 aliphatic rings. The summed E-state index contributed by atoms with van der Waals surface area (Å²) in [6.07, 6.45) is 0. The molecule has 1 aromatic heterocycles. The van der Waals surface area contributed by atoms with Gasteiger partial charge in [-0.2, -0.15) is 0 Å². The van der Waals surface area contributed by atoms with Crippen LogP contribution in [0.15, 0.2) is 51.7 Å². The van der Waals surface area contributed by atoms with Crippen LogP contribution in [0.3, 0.4) is 0 Å². The third kappa shape index (κ3) is 2.16. The van der Waals surface area contributed by atoms with E-state index in [1.807, 2.05) is 52.9 Å². The van der Waals surface area contributed by atoms with Crippen LogP contribution in [-0.2, 0) is 0 Å². The lowest BCUT2D eigenvalue weighted by atomic mass is 10.1. The molecule has 0 unspecified atom stereocenters. The van der Waals surface area contributed by atoms with Gasteiger partial charge in [0.1, 0.15) is 22.4 Å². The zero-order valence-electron chi connectivity index (χ0n) is 11.5. The fraction of sp³-hybridized carbons (Fsp3) is 0.118. The van der Waals surface area contributed by atoms with Crippen molar-refractivity contribution in [2.24, 2.45) is 0 Å². The second kappa shape index (κ2) is 5.31. The van der Waals surface area contributed by atoms with Gasteiger partial charge in [-0.3, -0.25) is 4.79 Å². The quantitative estimate of drug-likeness (QED) is 0.577. The van der Waals surface area contributed by atoms with Crippen LogP contribution in [0.4, 0.5) is 0 Å². The normalized spacial score (nSPS) is 13.3. The molecular weight excluding hydrogens is 395 g/mol. The molecule has 0 amide bonds. The van der Waals surface area contributed by atoms with E-state index in [9.17, 15) is 4.79 Å². The lowest BCUT2D eigenvalue weighted by molar-refractivity contribution is 0.172. The summed E-state index contributed by atoms with van der Waals surface area (Å²) in [6, 6.07) is 13.0. The standard InChI is InChI=1S/C17H11IO4/c18-15-16(19)11-8-13-14(21-7-6-20-13)9-12(11)22-17(15)10-4-2-1-3-5-10/h1-5,8-9H,6-7H2. The molecule has 0 N–H and O–H groups in total. The molecule has 0 fully saturated rings. The maximum Gasteiger partial charge on any atom is 0.206 e. The topological polar surface area (TPSA) is 48.7 Å². The minimum atomic E-state index is -0.0577. The predicted molar refractivity (Wildman–Crippen MR) is 91.6 cm³/mol. The summed E-state index contributed by atoms with van der Waals surface area (Å²) < 4.78 is 17.6. The Balaban J connectivity index is 2.01. The first-order valence-electron chi connectivity index (χ1n) is 6.85. The van der Waals surface area contributed by atoms with Crippen molar-refractivity contribution in [1.29, 1.82) is 0 Å². The molecule has 0 atom stereocenters. The third-order valence-corrected chi connectivity index (χ3v) is 4.52. The molecule has 110 valence electrons. The Kier molecular flexibility index (Phi) is 3.29. The van der Waals surface area contributed by atoms with Crippen LogP contribution < -0.4 is 14.9 Å². The Morgan fingerprint density at radius 1 is 0.955 bits per heavy atom. The summed E-state index contributed by atoms with van der Waals surface area (Å²) in [7, 11) is 0. The molecule has 4 rings (SSSR count). The Morgan fingerprint density at radius 3 is 2.36 bits per heavy atom. The van der Waals surface area contributed by atoms with Crippen molar-refractivity contribution in [3.63, 3.8) is 0 Å². The number of hydrogen-bond donors (Lipinski definition) is 0. The monoisotopic (exact) mass is 406 g/mol. The van der Waals surface area contributed by atoms with Crippen molar-refractivity contribution < 1.29 is 13.9 Å². The van der Waals surface area contributed by atoms with Gasteiger partial charge < -0.3 is 13.9 Å². The molecule has 3 aromatic rings. The predicted octanol–water partition coefficient (Wildman–Crippen LogP) is 3.84. The number of halogens is 1. The van der Waals surface area contributed by atoms with E-state index in [-0.39, 0.29) is 5.43 Å². The molecule has 0 radical (unpaired) electrons. The molecular formula is C17H11IO4. The van der Waals surface area contributed by atoms with Gasteiger partial charge in [-0.1, -0.05) is 30.3 Å². The lowest BCUT2D eigenvalue weighted by Crippen LogP contribution is -2.16. The fourth-order valence-corrected chi connectivity index (χ4v) is 3.20. The second-order valence-electron chi connectivity index (χ2n) is 4.93. The van der Waals surface area contributed by atoms with Gasteiger partial charge in [-0.25, -0.2) is 0 Å². The van der Waals surface area contributed by atoms with E-state index in [4.69, 9.17) is 13.9 Å². The van der Waals surface area contributed by atoms with Gasteiger partial charge in [0.25, 0.3) is 0 Å². The van der Waals surface area contributed by atoms with Gasteiger partial charge >= 0.3 is 0 Å². The maximum atomic E-state index is 12.6. The molecule has 2 heterocycles. The number of benzene rings is 2. The summed E-state index contributed by atoms with van der Waals surface area (Å²) in [5, 5.41) is 0.508. The highest BCUT2D eigenvalue weighted by molar-refractivity contribution is 14.1. The highest BCUT2D eigenvalue weighted by atomic mass is 127. The zero-order chi connectivity index (χ0) is 15.1. The van der Waals surface area contributed by atoms with E-state index in [0.29, 0.717) is 45.0 Å². The smallest absolute Gasteiger partial charge is 0.206 e. The Labute approximate surface area is 139 Å². The van der Waals surface area contributed by atoms with Crippen molar-refractivity contribution in [3.05, 3.63) is 56.3 Å². The lowest BCUT2D eigenvalue weighted by Gasteiger charge is -2.18. The van der Waals surface area contributed by atoms with Crippen molar-refractivity contribution >= 4 is 33.6 Å². The highest BCUT2D eigenvalue weighted by Crippen LogP contribution is 2.35. The largest absolute Gasteiger partial charge is 0.486 e. The van der Waals surface area contributed by atoms with Gasteiger partial charge in [0.2, 0.25) is 5.43 Å². The number of ether oxygens (including phenoxy) is 2. The van der Waals surface area contributed by atoms with E-state index in [1.165, 1.54) is 0 Å². The van der Waals surface area contributed by atoms with E-state index < -0.39 is 0 Å². The van der Waals surface area contributed by atoms with Gasteiger partial charge in [-0.15, -0.1) is 0 Å². The van der Waals surface area contributed by atoms with Crippen molar-refractivity contribution in [1.82, 2.24) is 0 Å². The first-order chi connectivity index (χ1) is 10.7. The molecule has 5 heteroatoms. The molecule has 1 aliphatic heterocycles. The Hall–Kier alpha value is -2.02. The van der Waals surface area contributed by atoms with Gasteiger partial charge in [0.15, 0.2) is 17.3 Å². The number of fused-ring (bicyclic) bond motifs is 2. The Bertz CT molecular complexity index is 915. The van der Waals surface area contributed by atoms with Crippen molar-refractivity contribution in [3.8, 4) is 22.8 Å². The molecule has 2 aromatic carbocycles. The van der Waals surface area contributed by atoms with Crippen molar-refractivity contribution in [2.75, 3.05) is 13.2 Å². The average Bonchev–Trinajstić information content (AvgIpc) is 2.57. The molecule has 0 saturated carbocycles. The van der Waals surface area contributed by atoms with Crippen LogP contribution in [0, 0.1) is 3.57 Å². The van der Waals surface area contributed by atoms with Crippen LogP contribution in [0.2, 0.25) is 0 Å². The molecule has 22 heavy (non-hydrogen) atoms. The minimum Gasteiger partial charge on any atom is -0.486 e. The highest BCUT2D eigenvalue weighted by Gasteiger charge is 2.19. The molecule has 0 aliphatic carbocycles. The molecule has 0 bridgehead atoms. The summed E-state index contributed by atoms with van der Waals surface area (Å²) in [4.78, 5) is 12.6. The first-order valence-corrected chi connectivity index (χ1v) is 7.93. The summed E-state index contributed by atoms with van der Waals surface area (Å²) >= 11 is 2.03. The minimum absolute atomic E-state index is 0.0577. The number of hydrogen-bond acceptors (Lipinski definition) is 4. The van der Waals surface area contributed by atoms with E-state index in [0.717, 1.165) is 5.56 Å². The van der Waals surface area contributed by atoms with E-state index in [2.05, 4.69) is 0 Å². The number of rotatable bonds is 1. The van der Waals surface area contributed by atoms with Gasteiger partial charge in [0, 0.05) is 11.6 Å². The summed E-state index contributed by atoms with van der Waals surface area (Å²) in [6.45, 7) is 0.988. The maximum absolute atomic E-state index is 12.6. The van der Waals surface area contributed by atoms with Crippen LogP contribution in [0.1, 0.15) is 0 Å². The van der Waals surface area contributed by atoms with Crippen LogP contribution >= 0.6 is 22.6 Å². The molecule has 0 spiro atoms. The zero-order valence-corrected chi connectivity index (χ0v) is 13.6. The average molecular weight is 406 g/mol. The van der Waals surface area contributed by atoms with E-state index in [1.54, 1.807) is 12.1 Å². The van der Waals surface area contributed by atoms with Crippen LogP contribution in [-0.4, -0.2) is 13.2 Å². The SMILES string of the molecule is O=c1c(I)c(-c2ccccc2)oc2cc3c(cc12)OCCO3. The summed E-state index contributed by atoms with van der Waals surface area (Å²) in [5.74, 6) is 1.78. The van der Waals surface area contributed by atoms with Crippen molar-refractivity contribution in [2.45, 2.75) is 0 Å². The van der Waals surface area contributed by atoms with Crippen LogP contribution in [0.25, 0.3) is 22.3 Å². The molecule has 4 nitrogen and oxygen atoms in total. The molecule has 0 saturated heterocycles.